The van der Waals surface area contributed by atoms with Gasteiger partial charge in [0, 0.05) is 12.3 Å². The van der Waals surface area contributed by atoms with Gasteiger partial charge in [-0.05, 0) is 43.3 Å². The van der Waals surface area contributed by atoms with Crippen LogP contribution in [0.2, 0.25) is 0 Å². The molecular weight excluding hydrogens is 230 g/mol. The van der Waals surface area contributed by atoms with Crippen LogP contribution in [0.15, 0.2) is 5.10 Å². The lowest BCUT2D eigenvalue weighted by molar-refractivity contribution is 0.484. The van der Waals surface area contributed by atoms with Crippen molar-refractivity contribution < 1.29 is 0 Å². The fraction of sp³-hybridized carbons (Fsp3) is 0.846. The summed E-state index contributed by atoms with van der Waals surface area (Å²) < 4.78 is 0. The minimum atomic E-state index is 0.588. The first-order valence-corrected chi connectivity index (χ1v) is 7.17. The van der Waals surface area contributed by atoms with Crippen LogP contribution in [-0.2, 0) is 0 Å². The number of hydrogen-bond acceptors (Lipinski definition) is 2. The lowest BCUT2D eigenvalue weighted by Gasteiger charge is -2.26. The van der Waals surface area contributed by atoms with Crippen molar-refractivity contribution in [2.75, 3.05) is 6.54 Å². The molecule has 2 N–H and O–H groups in total. The highest BCUT2D eigenvalue weighted by Crippen LogP contribution is 2.25. The third kappa shape index (κ3) is 5.02. The molecule has 0 saturated heterocycles. The molecule has 0 unspecified atom stereocenters. The van der Waals surface area contributed by atoms with Crippen LogP contribution >= 0.6 is 12.2 Å². The predicted molar refractivity (Wildman–Crippen MR) is 78.3 cm³/mol. The van der Waals surface area contributed by atoms with Gasteiger partial charge in [-0.2, -0.15) is 5.10 Å². The Morgan fingerprint density at radius 2 is 2.00 bits per heavy atom. The van der Waals surface area contributed by atoms with E-state index in [2.05, 4.69) is 36.6 Å². The average Bonchev–Trinajstić information content (AvgIpc) is 2.29. The van der Waals surface area contributed by atoms with Crippen molar-refractivity contribution in [2.24, 2.45) is 16.9 Å². The Hall–Kier alpha value is -0.640. The largest absolute Gasteiger partial charge is 0.361 e. The Morgan fingerprint density at radius 3 is 2.59 bits per heavy atom. The van der Waals surface area contributed by atoms with Gasteiger partial charge in [-0.25, -0.2) is 0 Å². The van der Waals surface area contributed by atoms with Gasteiger partial charge in [0.1, 0.15) is 0 Å². The molecule has 98 valence electrons. The van der Waals surface area contributed by atoms with Gasteiger partial charge in [0.25, 0.3) is 0 Å². The maximum atomic E-state index is 5.18. The molecule has 0 aliphatic heterocycles. The van der Waals surface area contributed by atoms with E-state index in [9.17, 15) is 0 Å². The Bertz CT molecular complexity index is 264. The van der Waals surface area contributed by atoms with Crippen LogP contribution in [-0.4, -0.2) is 17.4 Å². The first-order valence-electron chi connectivity index (χ1n) is 6.76. The van der Waals surface area contributed by atoms with Crippen LogP contribution in [0.1, 0.15) is 52.9 Å². The quantitative estimate of drug-likeness (QED) is 0.460. The van der Waals surface area contributed by atoms with Crippen molar-refractivity contribution in [3.63, 3.8) is 0 Å². The third-order valence-electron chi connectivity index (χ3n) is 3.39. The Balaban J connectivity index is 2.37. The van der Waals surface area contributed by atoms with Gasteiger partial charge >= 0.3 is 0 Å². The summed E-state index contributed by atoms with van der Waals surface area (Å²) in [7, 11) is 0. The van der Waals surface area contributed by atoms with Gasteiger partial charge in [-0.15, -0.1) is 0 Å². The minimum absolute atomic E-state index is 0.588. The molecule has 1 fully saturated rings. The molecule has 1 aliphatic rings. The first-order chi connectivity index (χ1) is 8.15. The number of hydrazone groups is 1. The molecule has 0 aromatic heterocycles. The van der Waals surface area contributed by atoms with Crippen LogP contribution in [0.4, 0.5) is 0 Å². The highest BCUT2D eigenvalue weighted by molar-refractivity contribution is 7.80. The number of nitrogens with zero attached hydrogens (tertiary/aromatic N) is 1. The SMILES string of the molecule is CCCCNC(=S)NN=C1[C@H](C)CCC[C@H]1C. The summed E-state index contributed by atoms with van der Waals surface area (Å²) in [6, 6.07) is 0. The highest BCUT2D eigenvalue weighted by Gasteiger charge is 2.22. The minimum Gasteiger partial charge on any atom is -0.361 e. The van der Waals surface area contributed by atoms with Crippen molar-refractivity contribution >= 4 is 23.0 Å². The van der Waals surface area contributed by atoms with E-state index in [1.54, 1.807) is 0 Å². The molecule has 0 aromatic rings. The molecule has 0 spiro atoms. The van der Waals surface area contributed by atoms with Crippen LogP contribution in [0.5, 0.6) is 0 Å². The molecule has 1 saturated carbocycles. The molecule has 0 bridgehead atoms. The molecule has 2 atom stereocenters. The summed E-state index contributed by atoms with van der Waals surface area (Å²) in [5.41, 5.74) is 4.25. The van der Waals surface area contributed by atoms with E-state index in [0.29, 0.717) is 16.9 Å². The molecule has 4 heteroatoms. The zero-order valence-electron chi connectivity index (χ0n) is 11.3. The predicted octanol–water partition coefficient (Wildman–Crippen LogP) is 3.06. The molecule has 0 aromatic carbocycles. The average molecular weight is 255 g/mol. The van der Waals surface area contributed by atoms with Gasteiger partial charge in [0.2, 0.25) is 0 Å². The Kier molecular flexibility index (Phi) is 6.48. The normalized spacial score (nSPS) is 24.3. The van der Waals surface area contributed by atoms with Gasteiger partial charge in [0.15, 0.2) is 5.11 Å². The first kappa shape index (κ1) is 14.4. The molecule has 17 heavy (non-hydrogen) atoms. The molecule has 0 radical (unpaired) electrons. The van der Waals surface area contributed by atoms with Crippen molar-refractivity contribution in [1.82, 2.24) is 10.7 Å². The Morgan fingerprint density at radius 1 is 1.35 bits per heavy atom. The van der Waals surface area contributed by atoms with E-state index in [-0.39, 0.29) is 0 Å². The molecule has 0 amide bonds. The zero-order chi connectivity index (χ0) is 12.7. The number of hydrogen-bond donors (Lipinski definition) is 2. The highest BCUT2D eigenvalue weighted by atomic mass is 32.1. The van der Waals surface area contributed by atoms with E-state index >= 15 is 0 Å². The van der Waals surface area contributed by atoms with E-state index < -0.39 is 0 Å². The van der Waals surface area contributed by atoms with Crippen molar-refractivity contribution in [3.05, 3.63) is 0 Å². The lowest BCUT2D eigenvalue weighted by atomic mass is 9.81. The summed E-state index contributed by atoms with van der Waals surface area (Å²) in [5.74, 6) is 1.18. The maximum absolute atomic E-state index is 5.18. The number of nitrogens with one attached hydrogen (secondary N) is 2. The summed E-state index contributed by atoms with van der Waals surface area (Å²) in [4.78, 5) is 0. The van der Waals surface area contributed by atoms with Gasteiger partial charge in [-0.1, -0.05) is 33.6 Å². The van der Waals surface area contributed by atoms with Crippen LogP contribution in [0.25, 0.3) is 0 Å². The van der Waals surface area contributed by atoms with Crippen molar-refractivity contribution in [2.45, 2.75) is 52.9 Å². The lowest BCUT2D eigenvalue weighted by Crippen LogP contribution is -2.35. The topological polar surface area (TPSA) is 36.4 Å². The van der Waals surface area contributed by atoms with Crippen LogP contribution in [0.3, 0.4) is 0 Å². The standard InChI is InChI=1S/C13H25N3S/c1-4-5-9-14-13(17)16-15-12-10(2)7-6-8-11(12)3/h10-11H,4-9H2,1-3H3,(H2,14,16,17)/t10-,11-/m1/s1. The van der Waals surface area contributed by atoms with E-state index in [0.717, 1.165) is 13.0 Å². The molecular formula is C13H25N3S. The van der Waals surface area contributed by atoms with Gasteiger partial charge < -0.3 is 5.32 Å². The fourth-order valence-corrected chi connectivity index (χ4v) is 2.41. The Labute approximate surface area is 110 Å². The second-order valence-electron chi connectivity index (χ2n) is 4.99. The number of unbranched alkanes of at least 4 members (excludes halogenated alkanes) is 1. The number of rotatable bonds is 4. The zero-order valence-corrected chi connectivity index (χ0v) is 12.1. The monoisotopic (exact) mass is 255 g/mol. The third-order valence-corrected chi connectivity index (χ3v) is 3.62. The number of thiocarbonyl (C=S) groups is 1. The summed E-state index contributed by atoms with van der Waals surface area (Å²) in [6.45, 7) is 7.61. The molecule has 3 nitrogen and oxygen atoms in total. The second-order valence-corrected chi connectivity index (χ2v) is 5.40. The smallest absolute Gasteiger partial charge is 0.186 e. The van der Waals surface area contributed by atoms with E-state index in [4.69, 9.17) is 12.2 Å². The van der Waals surface area contributed by atoms with Crippen LogP contribution in [0, 0.1) is 11.8 Å². The van der Waals surface area contributed by atoms with Crippen LogP contribution < -0.4 is 10.7 Å². The fourth-order valence-electron chi connectivity index (χ4n) is 2.27. The van der Waals surface area contributed by atoms with E-state index in [1.165, 1.54) is 31.4 Å². The summed E-state index contributed by atoms with van der Waals surface area (Å²) in [5, 5.41) is 8.30. The van der Waals surface area contributed by atoms with Gasteiger partial charge in [0.05, 0.1) is 0 Å². The summed E-state index contributed by atoms with van der Waals surface area (Å²) in [6.07, 6.45) is 6.14. The maximum Gasteiger partial charge on any atom is 0.186 e. The van der Waals surface area contributed by atoms with Crippen molar-refractivity contribution in [1.29, 1.82) is 0 Å². The van der Waals surface area contributed by atoms with Gasteiger partial charge in [-0.3, -0.25) is 5.43 Å². The molecule has 1 aliphatic carbocycles. The molecule has 1 rings (SSSR count). The summed E-state index contributed by atoms with van der Waals surface area (Å²) >= 11 is 5.18. The molecule has 0 heterocycles. The van der Waals surface area contributed by atoms with Crippen molar-refractivity contribution in [3.8, 4) is 0 Å². The van der Waals surface area contributed by atoms with E-state index in [1.807, 2.05) is 0 Å². The second kappa shape index (κ2) is 7.64.